The molecule has 148 valence electrons. The Morgan fingerprint density at radius 3 is 2.66 bits per heavy atom. The van der Waals surface area contributed by atoms with Crippen molar-refractivity contribution in [2.75, 3.05) is 13.2 Å². The van der Waals surface area contributed by atoms with Gasteiger partial charge in [-0.1, -0.05) is 36.3 Å². The van der Waals surface area contributed by atoms with Crippen LogP contribution in [0, 0.1) is 23.7 Å². The maximum Gasteiger partial charge on any atom is 0.262 e. The van der Waals surface area contributed by atoms with Gasteiger partial charge in [0.05, 0.1) is 17.1 Å². The molecule has 0 aliphatic heterocycles. The van der Waals surface area contributed by atoms with Gasteiger partial charge in [0.25, 0.3) is 5.91 Å². The zero-order chi connectivity index (χ0) is 21.2. The number of halogens is 1. The smallest absolute Gasteiger partial charge is 0.262 e. The van der Waals surface area contributed by atoms with Crippen LogP contribution in [-0.4, -0.2) is 19.1 Å². The maximum atomic E-state index is 12.6. The van der Waals surface area contributed by atoms with Crippen LogP contribution in [0.2, 0.25) is 0 Å². The van der Waals surface area contributed by atoms with Crippen molar-refractivity contribution in [2.45, 2.75) is 19.9 Å². The average Bonchev–Trinajstić information content (AvgIpc) is 2.72. The summed E-state index contributed by atoms with van der Waals surface area (Å²) in [6.45, 7) is 4.23. The largest absolute Gasteiger partial charge is 0.490 e. The summed E-state index contributed by atoms with van der Waals surface area (Å²) in [5, 5.41) is 12.3. The van der Waals surface area contributed by atoms with Crippen molar-refractivity contribution in [3.05, 3.63) is 63.6 Å². The number of rotatable bonds is 8. The molecule has 2 aromatic rings. The fourth-order valence-electron chi connectivity index (χ4n) is 2.60. The van der Waals surface area contributed by atoms with E-state index in [1.165, 1.54) is 6.08 Å². The van der Waals surface area contributed by atoms with E-state index in [0.717, 1.165) is 5.56 Å². The lowest BCUT2D eigenvalue weighted by Crippen LogP contribution is -2.27. The normalized spacial score (nSPS) is 11.7. The van der Waals surface area contributed by atoms with Gasteiger partial charge in [0, 0.05) is 0 Å². The van der Waals surface area contributed by atoms with E-state index in [1.807, 2.05) is 50.2 Å². The van der Waals surface area contributed by atoms with Gasteiger partial charge in [-0.15, -0.1) is 6.42 Å². The van der Waals surface area contributed by atoms with Gasteiger partial charge in [0.2, 0.25) is 0 Å². The van der Waals surface area contributed by atoms with Crippen molar-refractivity contribution in [2.24, 2.45) is 0 Å². The third kappa shape index (κ3) is 6.14. The molecule has 1 N–H and O–H groups in total. The fourth-order valence-corrected chi connectivity index (χ4v) is 3.18. The van der Waals surface area contributed by atoms with Gasteiger partial charge < -0.3 is 14.8 Å². The Balaban J connectivity index is 2.28. The number of amides is 1. The van der Waals surface area contributed by atoms with Gasteiger partial charge in [0.1, 0.15) is 18.2 Å². The van der Waals surface area contributed by atoms with E-state index < -0.39 is 5.91 Å². The topological polar surface area (TPSA) is 71.3 Å². The highest BCUT2D eigenvalue weighted by Crippen LogP contribution is 2.37. The molecule has 29 heavy (non-hydrogen) atoms. The minimum absolute atomic E-state index is 0.0144. The Morgan fingerprint density at radius 2 is 2.03 bits per heavy atom. The minimum Gasteiger partial charge on any atom is -0.490 e. The summed E-state index contributed by atoms with van der Waals surface area (Å²) in [5.41, 5.74) is 1.56. The molecule has 0 radical (unpaired) electrons. The van der Waals surface area contributed by atoms with Gasteiger partial charge in [-0.2, -0.15) is 5.26 Å². The molecule has 1 atom stereocenters. The average molecular weight is 453 g/mol. The maximum absolute atomic E-state index is 12.6. The second-order valence-corrected chi connectivity index (χ2v) is 6.89. The van der Waals surface area contributed by atoms with E-state index >= 15 is 0 Å². The second-order valence-electron chi connectivity index (χ2n) is 6.03. The van der Waals surface area contributed by atoms with Crippen LogP contribution in [-0.2, 0) is 4.79 Å². The molecule has 0 aliphatic rings. The third-order valence-corrected chi connectivity index (χ3v) is 4.54. The molecule has 0 saturated heterocycles. The Hall–Kier alpha value is -3.22. The zero-order valence-electron chi connectivity index (χ0n) is 16.2. The quantitative estimate of drug-likeness (QED) is 0.359. The predicted molar refractivity (Wildman–Crippen MR) is 116 cm³/mol. The van der Waals surface area contributed by atoms with Crippen LogP contribution in [0.4, 0.5) is 0 Å². The molecule has 0 spiro atoms. The van der Waals surface area contributed by atoms with Crippen molar-refractivity contribution < 1.29 is 14.3 Å². The van der Waals surface area contributed by atoms with E-state index in [1.54, 1.807) is 12.1 Å². The number of nitrogens with one attached hydrogen (secondary N) is 1. The second kappa shape index (κ2) is 10.9. The highest BCUT2D eigenvalue weighted by molar-refractivity contribution is 9.10. The number of carbonyl (C=O) groups is 1. The van der Waals surface area contributed by atoms with Crippen LogP contribution in [0.3, 0.4) is 0 Å². The molecule has 6 heteroatoms. The highest BCUT2D eigenvalue weighted by Gasteiger charge is 2.16. The highest BCUT2D eigenvalue weighted by atomic mass is 79.9. The van der Waals surface area contributed by atoms with Crippen LogP contribution >= 0.6 is 15.9 Å². The van der Waals surface area contributed by atoms with Crippen molar-refractivity contribution in [3.63, 3.8) is 0 Å². The van der Waals surface area contributed by atoms with Gasteiger partial charge in [-0.3, -0.25) is 4.79 Å². The third-order valence-electron chi connectivity index (χ3n) is 3.95. The van der Waals surface area contributed by atoms with Crippen LogP contribution in [0.1, 0.15) is 31.0 Å². The molecule has 0 fully saturated rings. The van der Waals surface area contributed by atoms with Gasteiger partial charge in [-0.05, 0) is 59.1 Å². The van der Waals surface area contributed by atoms with Gasteiger partial charge in [0.15, 0.2) is 11.5 Å². The molecule has 0 saturated carbocycles. The molecule has 5 nitrogen and oxygen atoms in total. The number of carbonyl (C=O) groups excluding carboxylic acids is 1. The molecule has 1 amide bonds. The van der Waals surface area contributed by atoms with Crippen LogP contribution < -0.4 is 14.8 Å². The number of benzene rings is 2. The first kappa shape index (κ1) is 22.1. The number of nitrogens with zero attached hydrogens (tertiary/aromatic N) is 1. The lowest BCUT2D eigenvalue weighted by Gasteiger charge is -2.15. The number of ether oxygens (including phenoxy) is 2. The van der Waals surface area contributed by atoms with E-state index in [0.29, 0.717) is 28.1 Å². The molecule has 2 aromatic carbocycles. The Bertz CT molecular complexity index is 972. The Labute approximate surface area is 179 Å². The lowest BCUT2D eigenvalue weighted by molar-refractivity contribution is -0.117. The molecule has 0 aromatic heterocycles. The first-order valence-corrected chi connectivity index (χ1v) is 9.79. The zero-order valence-corrected chi connectivity index (χ0v) is 17.8. The minimum atomic E-state index is -0.453. The predicted octanol–water partition coefficient (Wildman–Crippen LogP) is 4.64. The van der Waals surface area contributed by atoms with E-state index in [2.05, 4.69) is 27.2 Å². The number of hydrogen-bond donors (Lipinski definition) is 1. The van der Waals surface area contributed by atoms with Crippen molar-refractivity contribution in [1.29, 1.82) is 5.26 Å². The van der Waals surface area contributed by atoms with Crippen LogP contribution in [0.5, 0.6) is 11.5 Å². The summed E-state index contributed by atoms with van der Waals surface area (Å²) >= 11 is 3.43. The van der Waals surface area contributed by atoms with Crippen molar-refractivity contribution in [3.8, 4) is 29.9 Å². The molecular weight excluding hydrogens is 432 g/mol. The SMILES string of the molecule is C#CCOc1c(Br)cc(/C=C(/C#N)C(=O)N[C@@H](C)c2ccccc2)cc1OCC. The van der Waals surface area contributed by atoms with Crippen molar-refractivity contribution in [1.82, 2.24) is 5.32 Å². The summed E-state index contributed by atoms with van der Waals surface area (Å²) in [4.78, 5) is 12.6. The molecular formula is C23H21BrN2O3. The van der Waals surface area contributed by atoms with Gasteiger partial charge >= 0.3 is 0 Å². The summed E-state index contributed by atoms with van der Waals surface area (Å²) in [6, 6.07) is 14.7. The van der Waals surface area contributed by atoms with E-state index in [4.69, 9.17) is 15.9 Å². The van der Waals surface area contributed by atoms with E-state index in [9.17, 15) is 10.1 Å². The summed E-state index contributed by atoms with van der Waals surface area (Å²) in [7, 11) is 0. The number of terminal acetylenes is 1. The summed E-state index contributed by atoms with van der Waals surface area (Å²) in [5.74, 6) is 2.90. The van der Waals surface area contributed by atoms with Gasteiger partial charge in [-0.25, -0.2) is 0 Å². The molecule has 0 bridgehead atoms. The monoisotopic (exact) mass is 452 g/mol. The first-order valence-electron chi connectivity index (χ1n) is 9.00. The molecule has 2 rings (SSSR count). The first-order chi connectivity index (χ1) is 14.0. The van der Waals surface area contributed by atoms with Crippen LogP contribution in [0.25, 0.3) is 6.08 Å². The summed E-state index contributed by atoms with van der Waals surface area (Å²) in [6.07, 6.45) is 6.76. The van der Waals surface area contributed by atoms with E-state index in [-0.39, 0.29) is 18.2 Å². The molecule has 0 heterocycles. The standard InChI is InChI=1S/C23H21BrN2O3/c1-4-11-29-22-20(24)13-17(14-21(22)28-5-2)12-19(15-25)23(27)26-16(3)18-9-7-6-8-10-18/h1,6-10,12-14,16H,5,11H2,2-3H3,(H,26,27)/b19-12-/t16-/m0/s1. The molecule has 0 aliphatic carbocycles. The fraction of sp³-hybridized carbons (Fsp3) is 0.217. The number of nitriles is 1. The van der Waals surface area contributed by atoms with Crippen LogP contribution in [0.15, 0.2) is 52.5 Å². The summed E-state index contributed by atoms with van der Waals surface area (Å²) < 4.78 is 11.8. The Kier molecular flexibility index (Phi) is 8.33. The number of hydrogen-bond acceptors (Lipinski definition) is 4. The van der Waals surface area contributed by atoms with Crippen molar-refractivity contribution >= 4 is 27.9 Å². The lowest BCUT2D eigenvalue weighted by atomic mass is 10.1. The molecule has 0 unspecified atom stereocenters. The Morgan fingerprint density at radius 1 is 1.31 bits per heavy atom.